The second-order valence-electron chi connectivity index (χ2n) is 9.71. The Bertz CT molecular complexity index is 1220. The predicted molar refractivity (Wildman–Crippen MR) is 140 cm³/mol. The highest BCUT2D eigenvalue weighted by Crippen LogP contribution is 2.39. The van der Waals surface area contributed by atoms with Crippen molar-refractivity contribution in [3.63, 3.8) is 0 Å². The third kappa shape index (κ3) is 4.98. The van der Waals surface area contributed by atoms with Gasteiger partial charge in [0.2, 0.25) is 0 Å². The molecular weight excluding hydrogens is 446 g/mol. The Balaban J connectivity index is 1.80. The maximum absolute atomic E-state index is 12.5. The van der Waals surface area contributed by atoms with Crippen molar-refractivity contribution >= 4 is 34.3 Å². The number of nitrogens with zero attached hydrogens (tertiary/aromatic N) is 3. The summed E-state index contributed by atoms with van der Waals surface area (Å²) in [5.74, 6) is 0.220. The van der Waals surface area contributed by atoms with Gasteiger partial charge in [0.15, 0.2) is 5.16 Å². The van der Waals surface area contributed by atoms with Crippen LogP contribution in [0.3, 0.4) is 0 Å². The number of hydrogen-bond acceptors (Lipinski definition) is 7. The van der Waals surface area contributed by atoms with Crippen LogP contribution in [0.5, 0.6) is 5.75 Å². The SMILES string of the molecule is CSc1nc(-c2cccc(OCCN3CCCC3)c2)c2c(N)c(C(N)=O)c(C(C)(C)C)cc2n1. The molecule has 34 heavy (non-hydrogen) atoms. The van der Waals surface area contributed by atoms with Gasteiger partial charge in [0.25, 0.3) is 5.91 Å². The van der Waals surface area contributed by atoms with Crippen LogP contribution in [0.25, 0.3) is 22.2 Å². The highest BCUT2D eigenvalue weighted by Gasteiger charge is 2.27. The molecule has 4 N–H and O–H groups in total. The third-order valence-corrected chi connectivity index (χ3v) is 6.77. The smallest absolute Gasteiger partial charge is 0.251 e. The van der Waals surface area contributed by atoms with E-state index >= 15 is 0 Å². The molecule has 0 bridgehead atoms. The molecule has 1 aromatic heterocycles. The molecule has 3 aromatic rings. The number of ether oxygens (including phenoxy) is 1. The molecule has 0 radical (unpaired) electrons. The summed E-state index contributed by atoms with van der Waals surface area (Å²) in [7, 11) is 0. The number of carbonyl (C=O) groups excluding carboxylic acids is 1. The Morgan fingerprint density at radius 2 is 1.91 bits per heavy atom. The lowest BCUT2D eigenvalue weighted by Crippen LogP contribution is -2.25. The molecule has 8 heteroatoms. The quantitative estimate of drug-likeness (QED) is 0.292. The van der Waals surface area contributed by atoms with Crippen LogP contribution in [0.4, 0.5) is 5.69 Å². The molecule has 1 amide bonds. The molecule has 180 valence electrons. The Morgan fingerprint density at radius 1 is 1.18 bits per heavy atom. The van der Waals surface area contributed by atoms with Gasteiger partial charge in [0.1, 0.15) is 12.4 Å². The van der Waals surface area contributed by atoms with Crippen molar-refractivity contribution in [3.05, 3.63) is 41.5 Å². The number of thioether (sulfide) groups is 1. The molecule has 2 heterocycles. The van der Waals surface area contributed by atoms with Crippen LogP contribution in [0.1, 0.15) is 49.5 Å². The summed E-state index contributed by atoms with van der Waals surface area (Å²) in [5, 5.41) is 1.27. The maximum atomic E-state index is 12.5. The number of primary amides is 1. The second-order valence-corrected chi connectivity index (χ2v) is 10.5. The maximum Gasteiger partial charge on any atom is 0.251 e. The minimum absolute atomic E-state index is 0.318. The number of benzene rings is 2. The second kappa shape index (κ2) is 9.80. The molecule has 0 unspecified atom stereocenters. The fourth-order valence-corrected chi connectivity index (χ4v) is 4.87. The molecule has 1 saturated heterocycles. The summed E-state index contributed by atoms with van der Waals surface area (Å²) in [6.07, 6.45) is 4.47. The van der Waals surface area contributed by atoms with E-state index in [1.165, 1.54) is 24.6 Å². The Labute approximate surface area is 205 Å². The van der Waals surface area contributed by atoms with Crippen molar-refractivity contribution in [2.24, 2.45) is 5.73 Å². The normalized spacial score (nSPS) is 14.6. The number of carbonyl (C=O) groups is 1. The first kappa shape index (κ1) is 24.3. The number of anilines is 1. The van der Waals surface area contributed by atoms with E-state index in [-0.39, 0.29) is 5.41 Å². The molecule has 0 saturated carbocycles. The molecule has 2 aromatic carbocycles. The van der Waals surface area contributed by atoms with E-state index in [0.29, 0.717) is 39.6 Å². The number of nitrogens with two attached hydrogens (primary N) is 2. The van der Waals surface area contributed by atoms with Crippen LogP contribution in [-0.4, -0.2) is 53.3 Å². The minimum atomic E-state index is -0.553. The fraction of sp³-hybridized carbons (Fsp3) is 0.423. The highest BCUT2D eigenvalue weighted by molar-refractivity contribution is 7.98. The topological polar surface area (TPSA) is 107 Å². The van der Waals surface area contributed by atoms with E-state index in [4.69, 9.17) is 26.2 Å². The number of rotatable bonds is 7. The van der Waals surface area contributed by atoms with Crippen molar-refractivity contribution in [1.82, 2.24) is 14.9 Å². The van der Waals surface area contributed by atoms with Gasteiger partial charge in [0, 0.05) is 12.1 Å². The van der Waals surface area contributed by atoms with Gasteiger partial charge >= 0.3 is 0 Å². The van der Waals surface area contributed by atoms with Crippen molar-refractivity contribution in [2.75, 3.05) is 38.2 Å². The summed E-state index contributed by atoms with van der Waals surface area (Å²) in [6.45, 7) is 9.92. The van der Waals surface area contributed by atoms with E-state index in [1.807, 2.05) is 57.4 Å². The first-order valence-corrected chi connectivity index (χ1v) is 12.9. The number of amides is 1. The molecule has 0 atom stereocenters. The van der Waals surface area contributed by atoms with Crippen LogP contribution in [0.15, 0.2) is 35.5 Å². The van der Waals surface area contributed by atoms with E-state index in [1.54, 1.807) is 0 Å². The number of nitrogen functional groups attached to an aromatic ring is 1. The fourth-order valence-electron chi connectivity index (χ4n) is 4.49. The van der Waals surface area contributed by atoms with E-state index in [0.717, 1.165) is 36.5 Å². The first-order chi connectivity index (χ1) is 16.2. The summed E-state index contributed by atoms with van der Waals surface area (Å²) in [6, 6.07) is 9.76. The summed E-state index contributed by atoms with van der Waals surface area (Å²) >= 11 is 1.46. The number of fused-ring (bicyclic) bond motifs is 1. The monoisotopic (exact) mass is 479 g/mol. The number of likely N-dealkylation sites (tertiary alicyclic amines) is 1. The summed E-state index contributed by atoms with van der Waals surface area (Å²) in [5.41, 5.74) is 15.7. The molecular formula is C26H33N5O2S. The van der Waals surface area contributed by atoms with Crippen LogP contribution in [0.2, 0.25) is 0 Å². The van der Waals surface area contributed by atoms with Crippen molar-refractivity contribution in [1.29, 1.82) is 0 Å². The molecule has 4 rings (SSSR count). The first-order valence-electron chi connectivity index (χ1n) is 11.6. The minimum Gasteiger partial charge on any atom is -0.492 e. The van der Waals surface area contributed by atoms with Crippen LogP contribution >= 0.6 is 11.8 Å². The van der Waals surface area contributed by atoms with Gasteiger partial charge in [-0.15, -0.1) is 0 Å². The number of hydrogen-bond donors (Lipinski definition) is 2. The van der Waals surface area contributed by atoms with Gasteiger partial charge in [-0.05, 0) is 61.4 Å². The van der Waals surface area contributed by atoms with Gasteiger partial charge in [0.05, 0.1) is 27.8 Å². The Kier molecular flexibility index (Phi) is 7.00. The van der Waals surface area contributed by atoms with E-state index in [2.05, 4.69) is 4.90 Å². The molecule has 1 fully saturated rings. The van der Waals surface area contributed by atoms with Gasteiger partial charge in [-0.1, -0.05) is 44.7 Å². The summed E-state index contributed by atoms with van der Waals surface area (Å²) in [4.78, 5) is 24.4. The zero-order valence-corrected chi connectivity index (χ0v) is 21.2. The van der Waals surface area contributed by atoms with Gasteiger partial charge in [-0.3, -0.25) is 9.69 Å². The molecule has 1 aliphatic rings. The predicted octanol–water partition coefficient (Wildman–Crippen LogP) is 4.47. The third-order valence-electron chi connectivity index (χ3n) is 6.22. The zero-order chi connectivity index (χ0) is 24.5. The van der Waals surface area contributed by atoms with E-state index in [9.17, 15) is 4.79 Å². The molecule has 0 aliphatic carbocycles. The number of aromatic nitrogens is 2. The average Bonchev–Trinajstić information content (AvgIpc) is 3.31. The Morgan fingerprint density at radius 3 is 2.56 bits per heavy atom. The van der Waals surface area contributed by atoms with Crippen molar-refractivity contribution in [3.8, 4) is 17.0 Å². The van der Waals surface area contributed by atoms with Crippen molar-refractivity contribution in [2.45, 2.75) is 44.2 Å². The van der Waals surface area contributed by atoms with Crippen LogP contribution in [-0.2, 0) is 5.41 Å². The lowest BCUT2D eigenvalue weighted by molar-refractivity contribution is 0.0999. The highest BCUT2D eigenvalue weighted by atomic mass is 32.2. The molecule has 7 nitrogen and oxygen atoms in total. The Hall–Kier alpha value is -2.84. The lowest BCUT2D eigenvalue weighted by atomic mass is 9.81. The van der Waals surface area contributed by atoms with E-state index < -0.39 is 5.91 Å². The molecule has 1 aliphatic heterocycles. The van der Waals surface area contributed by atoms with Crippen LogP contribution in [0, 0.1) is 0 Å². The molecule has 0 spiro atoms. The van der Waals surface area contributed by atoms with Gasteiger partial charge in [-0.25, -0.2) is 9.97 Å². The van der Waals surface area contributed by atoms with Crippen molar-refractivity contribution < 1.29 is 9.53 Å². The van der Waals surface area contributed by atoms with Crippen LogP contribution < -0.4 is 16.2 Å². The lowest BCUT2D eigenvalue weighted by Gasteiger charge is -2.24. The average molecular weight is 480 g/mol. The summed E-state index contributed by atoms with van der Waals surface area (Å²) < 4.78 is 6.06. The standard InChI is InChI=1S/C26H33N5O2S/c1-26(2,3)18-15-19-21(22(27)20(18)24(28)32)23(30-25(29-19)34-4)16-8-7-9-17(14-16)33-13-12-31-10-5-6-11-31/h7-9,14-15H,5-6,10-13,27H2,1-4H3,(H2,28,32). The van der Waals surface area contributed by atoms with Gasteiger partial charge in [-0.2, -0.15) is 0 Å². The zero-order valence-electron chi connectivity index (χ0n) is 20.4. The largest absolute Gasteiger partial charge is 0.492 e. The van der Waals surface area contributed by atoms with Gasteiger partial charge < -0.3 is 16.2 Å².